The van der Waals surface area contributed by atoms with Crippen molar-refractivity contribution in [2.24, 2.45) is 6.98 Å². The molecule has 1 amide bonds. The van der Waals surface area contributed by atoms with Crippen LogP contribution in [0.3, 0.4) is 0 Å². The summed E-state index contributed by atoms with van der Waals surface area (Å²) in [6.07, 6.45) is -3.93. The van der Waals surface area contributed by atoms with Crippen LogP contribution in [0.1, 0.15) is 56.2 Å². The van der Waals surface area contributed by atoms with Gasteiger partial charge in [-0.3, -0.25) is 9.48 Å². The lowest BCUT2D eigenvalue weighted by atomic mass is 9.82. The van der Waals surface area contributed by atoms with E-state index in [1.807, 2.05) is 0 Å². The largest absolute Gasteiger partial charge is 0.348 e. The third kappa shape index (κ3) is 2.53. The molecule has 2 aliphatic rings. The average Bonchev–Trinajstić information content (AvgIpc) is 3.10. The van der Waals surface area contributed by atoms with Gasteiger partial charge in [0.25, 0.3) is 5.91 Å². The van der Waals surface area contributed by atoms with E-state index in [2.05, 4.69) is 10.4 Å². The molecule has 0 aliphatic carbocycles. The zero-order valence-corrected chi connectivity index (χ0v) is 12.4. The van der Waals surface area contributed by atoms with Crippen molar-refractivity contribution in [2.45, 2.75) is 50.1 Å². The molecule has 2 atom stereocenters. The van der Waals surface area contributed by atoms with Crippen LogP contribution in [-0.4, -0.2) is 45.7 Å². The van der Waals surface area contributed by atoms with Crippen molar-refractivity contribution in [2.75, 3.05) is 6.98 Å². The summed E-state index contributed by atoms with van der Waals surface area (Å²) in [6.45, 7) is -5.36. The Labute approximate surface area is 150 Å². The fourth-order valence-electron chi connectivity index (χ4n) is 3.28. The summed E-state index contributed by atoms with van der Waals surface area (Å²) in [6, 6.07) is 2.30. The Kier molecular flexibility index (Phi) is 1.80. The first kappa shape index (κ1) is 7.34. The molecular weight excluding hydrogens is 288 g/mol. The lowest BCUT2D eigenvalue weighted by Crippen LogP contribution is -2.55. The van der Waals surface area contributed by atoms with Crippen molar-refractivity contribution in [1.29, 1.82) is 0 Å². The average molecular weight is 322 g/mol. The molecule has 0 saturated carbocycles. The minimum absolute atomic E-state index is 0.183. The van der Waals surface area contributed by atoms with Gasteiger partial charge < -0.3 is 10.2 Å². The maximum absolute atomic E-state index is 13.2. The third-order valence-electron chi connectivity index (χ3n) is 4.42. The van der Waals surface area contributed by atoms with Crippen molar-refractivity contribution >= 4 is 16.8 Å². The van der Waals surface area contributed by atoms with Gasteiger partial charge in [-0.05, 0) is 38.6 Å². The lowest BCUT2D eigenvalue weighted by Gasteiger charge is -2.47. The first-order valence-electron chi connectivity index (χ1n) is 12.7. The first-order chi connectivity index (χ1) is 15.1. The molecule has 1 aromatic carbocycles. The van der Waals surface area contributed by atoms with Gasteiger partial charge in [-0.25, -0.2) is 0 Å². The summed E-state index contributed by atoms with van der Waals surface area (Å²) in [5.41, 5.74) is -0.0838. The second-order valence-electron chi connectivity index (χ2n) is 5.89. The van der Waals surface area contributed by atoms with Crippen molar-refractivity contribution in [3.8, 4) is 0 Å². The molecule has 4 rings (SSSR count). The number of carbonyl (C=O) groups is 1. The molecule has 5 nitrogen and oxygen atoms in total. The highest BCUT2D eigenvalue weighted by Gasteiger charge is 2.36. The summed E-state index contributed by atoms with van der Waals surface area (Å²) < 4.78 is 81.9. The van der Waals surface area contributed by atoms with Gasteiger partial charge in [0.05, 0.1) is 5.52 Å². The van der Waals surface area contributed by atoms with E-state index in [9.17, 15) is 4.79 Å². The standard InChI is InChI=1S/C18H24N4O/c1-21-13-6-5-7-14(21)11-12(10-13)19-18(23)17-15-8-3-4-9-16(15)22(2)20-17/h3-4,8-9,12-14H,5-7,10-11H2,1-2H3,(H,19,23)/t13-,14-/m1/s1/i1D3,2D3,10D2,11D2. The number of aromatic nitrogens is 2. The number of fused-ring (bicyclic) bond motifs is 3. The van der Waals surface area contributed by atoms with Crippen molar-refractivity contribution < 1.29 is 18.5 Å². The second kappa shape index (κ2) is 5.64. The number of aryl methyl sites for hydroxylation is 1. The number of piperidine rings is 2. The van der Waals surface area contributed by atoms with Crippen LogP contribution in [0.2, 0.25) is 0 Å². The molecule has 1 N–H and O–H groups in total. The lowest BCUT2D eigenvalue weighted by molar-refractivity contribution is 0.0462. The second-order valence-corrected chi connectivity index (χ2v) is 5.89. The van der Waals surface area contributed by atoms with Crippen LogP contribution < -0.4 is 5.32 Å². The maximum Gasteiger partial charge on any atom is 0.272 e. The summed E-state index contributed by atoms with van der Waals surface area (Å²) in [5, 5.41) is 6.59. The molecule has 2 aliphatic heterocycles. The van der Waals surface area contributed by atoms with Gasteiger partial charge in [0, 0.05) is 44.2 Å². The molecule has 3 heterocycles. The molecule has 1 aromatic heterocycles. The minimum atomic E-state index is -2.69. The number of carbonyl (C=O) groups excluding carboxylic acids is 1. The van der Waals surface area contributed by atoms with E-state index < -0.39 is 50.7 Å². The molecule has 0 radical (unpaired) electrons. The number of amides is 1. The van der Waals surface area contributed by atoms with Crippen molar-refractivity contribution in [1.82, 2.24) is 20.0 Å². The Morgan fingerprint density at radius 3 is 2.83 bits per heavy atom. The van der Waals surface area contributed by atoms with Gasteiger partial charge in [-0.2, -0.15) is 5.10 Å². The van der Waals surface area contributed by atoms with Crippen LogP contribution in [0.5, 0.6) is 0 Å². The van der Waals surface area contributed by atoms with Crippen LogP contribution in [0.15, 0.2) is 24.3 Å². The highest BCUT2D eigenvalue weighted by molar-refractivity contribution is 6.04. The van der Waals surface area contributed by atoms with Crippen LogP contribution in [-0.2, 0) is 6.98 Å². The van der Waals surface area contributed by atoms with Gasteiger partial charge in [0.15, 0.2) is 5.69 Å². The molecule has 5 heteroatoms. The smallest absolute Gasteiger partial charge is 0.272 e. The number of hydrogen-bond donors (Lipinski definition) is 1. The Hall–Kier alpha value is -1.88. The van der Waals surface area contributed by atoms with Crippen LogP contribution in [0, 0.1) is 0 Å². The highest BCUT2D eigenvalue weighted by atomic mass is 16.2. The zero-order chi connectivity index (χ0) is 24.6. The van der Waals surface area contributed by atoms with Crippen LogP contribution in [0.4, 0.5) is 0 Å². The number of benzene rings is 1. The predicted octanol–water partition coefficient (Wildman–Crippen LogP) is 2.32. The number of hydrogen-bond acceptors (Lipinski definition) is 3. The molecule has 2 fully saturated rings. The van der Waals surface area contributed by atoms with Gasteiger partial charge >= 0.3 is 0 Å². The van der Waals surface area contributed by atoms with E-state index in [1.165, 1.54) is 12.1 Å². The minimum Gasteiger partial charge on any atom is -0.348 e. The highest BCUT2D eigenvalue weighted by Crippen LogP contribution is 2.32. The van der Waals surface area contributed by atoms with E-state index in [1.54, 1.807) is 12.1 Å². The Bertz CT molecular complexity index is 1050. The Balaban J connectivity index is 1.75. The van der Waals surface area contributed by atoms with E-state index in [0.29, 0.717) is 6.42 Å². The first-order valence-corrected chi connectivity index (χ1v) is 7.65. The summed E-state index contributed by atoms with van der Waals surface area (Å²) in [4.78, 5) is 14.2. The SMILES string of the molecule is [2H]C1([2H])C(NC(=O)c2nn(C([2H])([2H])[2H])c3ccccc23)C([2H])([2H])[C@H]2CCC[C@H]1N2C([2H])([2H])[2H]. The number of nitrogens with one attached hydrogen (secondary N) is 1. The van der Waals surface area contributed by atoms with E-state index >= 15 is 0 Å². The molecule has 0 spiro atoms. The number of nitrogens with zero attached hydrogens (tertiary/aromatic N) is 3. The Morgan fingerprint density at radius 2 is 2.09 bits per heavy atom. The predicted molar refractivity (Wildman–Crippen MR) is 90.4 cm³/mol. The molecule has 2 saturated heterocycles. The molecular formula is C18H24N4O. The quantitative estimate of drug-likeness (QED) is 0.923. The van der Waals surface area contributed by atoms with Gasteiger partial charge in [0.2, 0.25) is 0 Å². The maximum atomic E-state index is 13.2. The number of rotatable bonds is 2. The van der Waals surface area contributed by atoms with Crippen LogP contribution in [0.25, 0.3) is 10.9 Å². The molecule has 122 valence electrons. The Morgan fingerprint density at radius 1 is 1.30 bits per heavy atom. The third-order valence-corrected chi connectivity index (χ3v) is 4.42. The topological polar surface area (TPSA) is 50.2 Å². The van der Waals surface area contributed by atoms with Gasteiger partial charge in [0.1, 0.15) is 0 Å². The van der Waals surface area contributed by atoms with E-state index in [-0.39, 0.29) is 29.4 Å². The summed E-state index contributed by atoms with van der Waals surface area (Å²) >= 11 is 0. The van der Waals surface area contributed by atoms with Crippen molar-refractivity contribution in [3.63, 3.8) is 0 Å². The fourth-order valence-corrected chi connectivity index (χ4v) is 3.28. The molecule has 0 unspecified atom stereocenters. The summed E-state index contributed by atoms with van der Waals surface area (Å²) in [5.74, 6) is -0.924. The monoisotopic (exact) mass is 322 g/mol. The van der Waals surface area contributed by atoms with Crippen LogP contribution >= 0.6 is 0 Å². The van der Waals surface area contributed by atoms with E-state index in [0.717, 1.165) is 9.58 Å². The van der Waals surface area contributed by atoms with Crippen molar-refractivity contribution in [3.05, 3.63) is 30.0 Å². The van der Waals surface area contributed by atoms with E-state index in [4.69, 9.17) is 13.7 Å². The van der Waals surface area contributed by atoms with Gasteiger partial charge in [-0.1, -0.05) is 24.6 Å². The molecule has 2 bridgehead atoms. The summed E-state index contributed by atoms with van der Waals surface area (Å²) in [7, 11) is 0. The zero-order valence-electron chi connectivity index (χ0n) is 22.4. The molecule has 2 aromatic rings. The normalized spacial score (nSPS) is 39.9. The fraction of sp³-hybridized carbons (Fsp3) is 0.556. The van der Waals surface area contributed by atoms with Gasteiger partial charge in [-0.15, -0.1) is 0 Å². The molecule has 23 heavy (non-hydrogen) atoms. The number of para-hydroxylation sites is 1.